The molecule has 5 heteroatoms. The minimum atomic E-state index is -0.226. The lowest BCUT2D eigenvalue weighted by atomic mass is 10.0. The van der Waals surface area contributed by atoms with Crippen LogP contribution in [0.4, 0.5) is 5.69 Å². The summed E-state index contributed by atoms with van der Waals surface area (Å²) in [6, 6.07) is 7.99. The zero-order valence-electron chi connectivity index (χ0n) is 14.4. The van der Waals surface area contributed by atoms with Crippen molar-refractivity contribution in [1.29, 1.82) is 0 Å². The molecule has 1 atom stereocenters. The van der Waals surface area contributed by atoms with Gasteiger partial charge in [-0.3, -0.25) is 4.79 Å². The number of amides is 1. The van der Waals surface area contributed by atoms with E-state index in [9.17, 15) is 4.79 Å². The van der Waals surface area contributed by atoms with Gasteiger partial charge in [0.15, 0.2) is 0 Å². The Morgan fingerprint density at radius 1 is 1.30 bits per heavy atom. The van der Waals surface area contributed by atoms with E-state index in [1.807, 2.05) is 31.9 Å². The lowest BCUT2D eigenvalue weighted by molar-refractivity contribution is -0.121. The molecule has 2 aromatic rings. The van der Waals surface area contributed by atoms with Crippen LogP contribution in [-0.4, -0.2) is 29.6 Å². The Labute approximate surface area is 138 Å². The Hall–Kier alpha value is -2.30. The number of nitrogens with zero attached hydrogens (tertiary/aromatic N) is 3. The predicted molar refractivity (Wildman–Crippen MR) is 93.5 cm³/mol. The van der Waals surface area contributed by atoms with Gasteiger partial charge in [-0.15, -0.1) is 0 Å². The molecule has 2 rings (SSSR count). The molecule has 0 saturated heterocycles. The number of anilines is 1. The maximum absolute atomic E-state index is 12.2. The molecule has 0 aliphatic rings. The van der Waals surface area contributed by atoms with E-state index >= 15 is 0 Å². The van der Waals surface area contributed by atoms with Crippen LogP contribution in [0.25, 0.3) is 0 Å². The van der Waals surface area contributed by atoms with Crippen LogP contribution in [0.15, 0.2) is 36.7 Å². The van der Waals surface area contributed by atoms with Gasteiger partial charge in [-0.05, 0) is 24.1 Å². The lowest BCUT2D eigenvalue weighted by Crippen LogP contribution is -2.30. The van der Waals surface area contributed by atoms with E-state index in [1.54, 1.807) is 6.20 Å². The number of imidazole rings is 1. The second-order valence-electron chi connectivity index (χ2n) is 5.99. The van der Waals surface area contributed by atoms with Crippen molar-refractivity contribution in [3.63, 3.8) is 0 Å². The molecule has 1 heterocycles. The van der Waals surface area contributed by atoms with E-state index < -0.39 is 0 Å². The average Bonchev–Trinajstić information content (AvgIpc) is 2.96. The monoisotopic (exact) mass is 314 g/mol. The normalized spacial score (nSPS) is 12.0. The summed E-state index contributed by atoms with van der Waals surface area (Å²) in [6.45, 7) is 2.09. The summed E-state index contributed by atoms with van der Waals surface area (Å²) in [5.74, 6) is 0.906. The molecule has 124 valence electrons. The lowest BCUT2D eigenvalue weighted by Gasteiger charge is -2.20. The number of hydrogen-bond acceptors (Lipinski definition) is 3. The molecule has 0 aliphatic heterocycles. The van der Waals surface area contributed by atoms with Crippen LogP contribution in [0.2, 0.25) is 0 Å². The Bertz CT molecular complexity index is 631. The van der Waals surface area contributed by atoms with Gasteiger partial charge in [0.25, 0.3) is 0 Å². The van der Waals surface area contributed by atoms with Crippen LogP contribution < -0.4 is 10.2 Å². The van der Waals surface area contributed by atoms with Crippen molar-refractivity contribution >= 4 is 11.6 Å². The van der Waals surface area contributed by atoms with E-state index in [0.717, 1.165) is 29.9 Å². The highest BCUT2D eigenvalue weighted by Gasteiger charge is 2.20. The third-order valence-corrected chi connectivity index (χ3v) is 3.92. The fourth-order valence-corrected chi connectivity index (χ4v) is 2.49. The van der Waals surface area contributed by atoms with Crippen molar-refractivity contribution in [3.8, 4) is 0 Å². The molecule has 5 nitrogen and oxygen atoms in total. The van der Waals surface area contributed by atoms with Crippen molar-refractivity contribution in [2.45, 2.75) is 32.2 Å². The molecule has 0 fully saturated rings. The summed E-state index contributed by atoms with van der Waals surface area (Å²) in [5, 5.41) is 3.12. The molecule has 1 aromatic carbocycles. The summed E-state index contributed by atoms with van der Waals surface area (Å²) in [6.07, 6.45) is 6.12. The van der Waals surface area contributed by atoms with Crippen LogP contribution in [-0.2, 0) is 11.8 Å². The van der Waals surface area contributed by atoms with Gasteiger partial charge in [-0.2, -0.15) is 0 Å². The number of hydrogen-bond donors (Lipinski definition) is 1. The highest BCUT2D eigenvalue weighted by Crippen LogP contribution is 2.23. The molecular weight excluding hydrogens is 288 g/mol. The van der Waals surface area contributed by atoms with Crippen molar-refractivity contribution < 1.29 is 4.79 Å². The molecule has 1 amide bonds. The van der Waals surface area contributed by atoms with Gasteiger partial charge in [-0.1, -0.05) is 25.5 Å². The zero-order valence-corrected chi connectivity index (χ0v) is 14.4. The molecule has 1 aromatic heterocycles. The van der Waals surface area contributed by atoms with Gasteiger partial charge in [0.1, 0.15) is 11.9 Å². The predicted octanol–water partition coefficient (Wildman–Crippen LogP) is 2.88. The Morgan fingerprint density at radius 2 is 2.00 bits per heavy atom. The number of unbranched alkanes of at least 4 members (excludes halogenated alkanes) is 1. The first-order chi connectivity index (χ1) is 11.0. The zero-order chi connectivity index (χ0) is 16.8. The molecule has 0 radical (unpaired) electrons. The summed E-state index contributed by atoms with van der Waals surface area (Å²) in [4.78, 5) is 18.7. The molecular formula is C18H26N4O. The molecule has 1 unspecified atom stereocenters. The second kappa shape index (κ2) is 7.81. The van der Waals surface area contributed by atoms with Gasteiger partial charge in [0.2, 0.25) is 5.91 Å². The highest BCUT2D eigenvalue weighted by atomic mass is 16.1. The van der Waals surface area contributed by atoms with E-state index in [2.05, 4.69) is 46.4 Å². The maximum Gasteiger partial charge on any atom is 0.220 e. The minimum Gasteiger partial charge on any atom is -0.378 e. The van der Waals surface area contributed by atoms with E-state index in [1.165, 1.54) is 0 Å². The molecule has 1 N–H and O–H groups in total. The third kappa shape index (κ3) is 4.34. The molecule has 23 heavy (non-hydrogen) atoms. The number of aromatic nitrogens is 2. The summed E-state index contributed by atoms with van der Waals surface area (Å²) in [5.41, 5.74) is 2.17. The smallest absolute Gasteiger partial charge is 0.220 e. The van der Waals surface area contributed by atoms with Gasteiger partial charge in [-0.25, -0.2) is 4.98 Å². The quantitative estimate of drug-likeness (QED) is 0.855. The first-order valence-electron chi connectivity index (χ1n) is 8.06. The van der Waals surface area contributed by atoms with Crippen molar-refractivity contribution in [1.82, 2.24) is 14.9 Å². The summed E-state index contributed by atoms with van der Waals surface area (Å²) in [7, 11) is 5.97. The fourth-order valence-electron chi connectivity index (χ4n) is 2.49. The average molecular weight is 314 g/mol. The molecule has 0 aliphatic carbocycles. The topological polar surface area (TPSA) is 50.2 Å². The number of rotatable bonds is 7. The Balaban J connectivity index is 2.26. The Kier molecular flexibility index (Phi) is 5.79. The van der Waals surface area contributed by atoms with Gasteiger partial charge < -0.3 is 14.8 Å². The summed E-state index contributed by atoms with van der Waals surface area (Å²) >= 11 is 0. The minimum absolute atomic E-state index is 0.0662. The third-order valence-electron chi connectivity index (χ3n) is 3.92. The van der Waals surface area contributed by atoms with Crippen LogP contribution in [0.3, 0.4) is 0 Å². The van der Waals surface area contributed by atoms with Gasteiger partial charge in [0, 0.05) is 45.6 Å². The number of nitrogens with one attached hydrogen (secondary N) is 1. The van der Waals surface area contributed by atoms with E-state index in [4.69, 9.17) is 0 Å². The maximum atomic E-state index is 12.2. The second-order valence-corrected chi connectivity index (χ2v) is 5.99. The molecule has 0 saturated carbocycles. The number of carbonyl (C=O) groups is 1. The van der Waals surface area contributed by atoms with Crippen molar-refractivity contribution in [2.24, 2.45) is 7.05 Å². The summed E-state index contributed by atoms with van der Waals surface area (Å²) < 4.78 is 1.95. The van der Waals surface area contributed by atoms with Crippen molar-refractivity contribution in [2.75, 3.05) is 19.0 Å². The van der Waals surface area contributed by atoms with Gasteiger partial charge in [0.05, 0.1) is 0 Å². The number of aryl methyl sites for hydroxylation is 1. The first-order valence-corrected chi connectivity index (χ1v) is 8.06. The molecule has 0 spiro atoms. The van der Waals surface area contributed by atoms with Crippen LogP contribution in [0.5, 0.6) is 0 Å². The van der Waals surface area contributed by atoms with Gasteiger partial charge >= 0.3 is 0 Å². The standard InChI is InChI=1S/C18H26N4O/c1-5-6-7-16(23)20-17(18-19-12-13-22(18)4)14-8-10-15(11-9-14)21(2)3/h8-13,17H,5-7H2,1-4H3,(H,20,23). The first kappa shape index (κ1) is 17.1. The number of carbonyl (C=O) groups excluding carboxylic acids is 1. The van der Waals surface area contributed by atoms with Crippen LogP contribution >= 0.6 is 0 Å². The Morgan fingerprint density at radius 3 is 2.52 bits per heavy atom. The largest absolute Gasteiger partial charge is 0.378 e. The fraction of sp³-hybridized carbons (Fsp3) is 0.444. The molecule has 0 bridgehead atoms. The highest BCUT2D eigenvalue weighted by molar-refractivity contribution is 5.76. The van der Waals surface area contributed by atoms with E-state index in [0.29, 0.717) is 6.42 Å². The van der Waals surface area contributed by atoms with Crippen LogP contribution in [0, 0.1) is 0 Å². The van der Waals surface area contributed by atoms with Crippen molar-refractivity contribution in [3.05, 3.63) is 48.0 Å². The number of benzene rings is 1. The van der Waals surface area contributed by atoms with E-state index in [-0.39, 0.29) is 11.9 Å². The SMILES string of the molecule is CCCCC(=O)NC(c1ccc(N(C)C)cc1)c1nccn1C. The van der Waals surface area contributed by atoms with Crippen LogP contribution in [0.1, 0.15) is 43.6 Å².